The van der Waals surface area contributed by atoms with Crippen LogP contribution in [0.1, 0.15) is 57.8 Å². The molecule has 6 aliphatic heterocycles. The Morgan fingerprint density at radius 1 is 0.267 bits per heavy atom. The van der Waals surface area contributed by atoms with Gasteiger partial charge in [0.05, 0.1) is 0 Å². The van der Waals surface area contributed by atoms with E-state index in [-0.39, 0.29) is 0 Å². The van der Waals surface area contributed by atoms with Crippen LogP contribution in [0.3, 0.4) is 0 Å². The van der Waals surface area contributed by atoms with Crippen molar-refractivity contribution in [2.75, 3.05) is 78.5 Å². The first-order chi connectivity index (χ1) is 14.7. The van der Waals surface area contributed by atoms with Crippen molar-refractivity contribution < 1.29 is 0 Å². The zero-order chi connectivity index (χ0) is 20.6. The van der Waals surface area contributed by atoms with E-state index in [0.29, 0.717) is 5.41 Å². The van der Waals surface area contributed by atoms with Gasteiger partial charge >= 0.3 is 0 Å². The molecule has 0 aliphatic carbocycles. The van der Waals surface area contributed by atoms with E-state index in [1.54, 1.807) is 0 Å². The molecule has 6 aliphatic rings. The molecule has 6 heteroatoms. The third kappa shape index (κ3) is 6.17. The van der Waals surface area contributed by atoms with E-state index in [1.165, 1.54) is 136 Å². The number of hydrogen-bond acceptors (Lipinski definition) is 6. The Morgan fingerprint density at radius 3 is 0.867 bits per heavy atom. The molecule has 6 rings (SSSR count). The minimum Gasteiger partial charge on any atom is -0.317 e. The molecule has 6 N–H and O–H groups in total. The zero-order valence-electron chi connectivity index (χ0n) is 19.3. The summed E-state index contributed by atoms with van der Waals surface area (Å²) in [6.45, 7) is 15.0. The minimum absolute atomic E-state index is 0.700. The molecule has 0 atom stereocenters. The summed E-state index contributed by atoms with van der Waals surface area (Å²) in [6, 6.07) is 0. The van der Waals surface area contributed by atoms with Crippen LogP contribution >= 0.6 is 0 Å². The molecule has 0 bridgehead atoms. The van der Waals surface area contributed by atoms with E-state index < -0.39 is 0 Å². The Hall–Kier alpha value is -0.240. The zero-order valence-corrected chi connectivity index (χ0v) is 19.3. The van der Waals surface area contributed by atoms with Crippen molar-refractivity contribution in [1.29, 1.82) is 0 Å². The molecule has 6 nitrogen and oxygen atoms in total. The summed E-state index contributed by atoms with van der Waals surface area (Å²) in [4.78, 5) is 0. The second-order valence-corrected chi connectivity index (χ2v) is 11.0. The van der Waals surface area contributed by atoms with Gasteiger partial charge < -0.3 is 31.9 Å². The molecule has 6 saturated heterocycles. The Bertz CT molecular complexity index is 452. The molecule has 0 amide bonds. The lowest BCUT2D eigenvalue weighted by molar-refractivity contribution is 0.116. The smallest absolute Gasteiger partial charge is 0.00212 e. The number of nitrogens with one attached hydrogen (secondary N) is 6. The summed E-state index contributed by atoms with van der Waals surface area (Å²) in [7, 11) is 0. The average molecular weight is 421 g/mol. The molecule has 6 heterocycles. The van der Waals surface area contributed by atoms with E-state index >= 15 is 0 Å². The maximum Gasteiger partial charge on any atom is 0.00212 e. The van der Waals surface area contributed by atoms with Crippen molar-refractivity contribution in [3.8, 4) is 0 Å². The van der Waals surface area contributed by atoms with Gasteiger partial charge in [-0.1, -0.05) is 0 Å². The van der Waals surface area contributed by atoms with Gasteiger partial charge in [-0.25, -0.2) is 0 Å². The number of hydrogen-bond donors (Lipinski definition) is 6. The van der Waals surface area contributed by atoms with Crippen LogP contribution in [-0.2, 0) is 0 Å². The van der Waals surface area contributed by atoms with E-state index in [2.05, 4.69) is 31.9 Å². The van der Waals surface area contributed by atoms with Crippen molar-refractivity contribution >= 4 is 0 Å². The Labute approximate surface area is 184 Å². The van der Waals surface area contributed by atoms with Gasteiger partial charge in [0.15, 0.2) is 0 Å². The summed E-state index contributed by atoms with van der Waals surface area (Å²) < 4.78 is 0. The SMILES string of the molecule is C1CC2(CCN1)CCNC2.C1CC2(CCN1)CCNCC2.C1CC2(CCN1)CNC2. The van der Waals surface area contributed by atoms with Crippen molar-refractivity contribution in [3.63, 3.8) is 0 Å². The molecule has 0 unspecified atom stereocenters. The normalized spacial score (nSPS) is 31.2. The highest BCUT2D eigenvalue weighted by molar-refractivity contribution is 4.95. The fourth-order valence-corrected chi connectivity index (χ4v) is 6.38. The molecule has 6 fully saturated rings. The third-order valence-electron chi connectivity index (χ3n) is 8.99. The monoisotopic (exact) mass is 420 g/mol. The minimum atomic E-state index is 0.700. The molecule has 30 heavy (non-hydrogen) atoms. The highest BCUT2D eigenvalue weighted by atomic mass is 15.0. The molecular weight excluding hydrogens is 372 g/mol. The van der Waals surface area contributed by atoms with E-state index in [0.717, 1.165) is 10.8 Å². The largest absolute Gasteiger partial charge is 0.317 e. The van der Waals surface area contributed by atoms with E-state index in [9.17, 15) is 0 Å². The lowest BCUT2D eigenvalue weighted by Gasteiger charge is -2.45. The van der Waals surface area contributed by atoms with Gasteiger partial charge in [-0.2, -0.15) is 0 Å². The van der Waals surface area contributed by atoms with Gasteiger partial charge in [-0.3, -0.25) is 0 Å². The van der Waals surface area contributed by atoms with Crippen LogP contribution in [0.25, 0.3) is 0 Å². The Morgan fingerprint density at radius 2 is 0.567 bits per heavy atom. The van der Waals surface area contributed by atoms with Crippen LogP contribution in [0, 0.1) is 16.2 Å². The molecule has 0 aromatic carbocycles. The van der Waals surface area contributed by atoms with Gasteiger partial charge in [0.25, 0.3) is 0 Å². The molecular formula is C24H48N6. The van der Waals surface area contributed by atoms with Gasteiger partial charge in [-0.15, -0.1) is 0 Å². The predicted molar refractivity (Wildman–Crippen MR) is 126 cm³/mol. The van der Waals surface area contributed by atoms with Crippen molar-refractivity contribution in [2.24, 2.45) is 16.2 Å². The first-order valence-electron chi connectivity index (χ1n) is 13.0. The van der Waals surface area contributed by atoms with Gasteiger partial charge in [0.1, 0.15) is 0 Å². The van der Waals surface area contributed by atoms with Crippen molar-refractivity contribution in [2.45, 2.75) is 57.8 Å². The third-order valence-corrected chi connectivity index (χ3v) is 8.99. The van der Waals surface area contributed by atoms with Crippen molar-refractivity contribution in [1.82, 2.24) is 31.9 Å². The van der Waals surface area contributed by atoms with Crippen LogP contribution in [0.2, 0.25) is 0 Å². The topological polar surface area (TPSA) is 72.2 Å². The second kappa shape index (κ2) is 11.1. The molecule has 0 saturated carbocycles. The van der Waals surface area contributed by atoms with E-state index in [4.69, 9.17) is 0 Å². The maximum absolute atomic E-state index is 3.46. The summed E-state index contributed by atoms with van der Waals surface area (Å²) >= 11 is 0. The van der Waals surface area contributed by atoms with Crippen LogP contribution in [0.15, 0.2) is 0 Å². The lowest BCUT2D eigenvalue weighted by atomic mass is 9.72. The number of piperidine rings is 4. The molecule has 0 aromatic rings. The lowest BCUT2D eigenvalue weighted by Crippen LogP contribution is -2.57. The molecule has 3 spiro atoms. The summed E-state index contributed by atoms with van der Waals surface area (Å²) in [5.74, 6) is 0. The Balaban J connectivity index is 0.000000109. The standard InChI is InChI=1S/C9H18N2.C8H16N2.C7H14N2/c1-5-10-6-2-9(1)3-7-11-8-4-9;1-4-9-5-2-8(1)3-6-10-7-8;1-3-8-4-2-7(1)5-9-6-7/h10-11H,1-8H2;9-10H,1-7H2;8-9H,1-6H2. The van der Waals surface area contributed by atoms with Crippen LogP contribution in [0.4, 0.5) is 0 Å². The molecule has 174 valence electrons. The highest BCUT2D eigenvalue weighted by Crippen LogP contribution is 2.37. The van der Waals surface area contributed by atoms with E-state index in [1.807, 2.05) is 0 Å². The summed E-state index contributed by atoms with van der Waals surface area (Å²) in [6.07, 6.45) is 12.6. The maximum atomic E-state index is 3.46. The first kappa shape index (κ1) is 22.9. The molecule has 0 radical (unpaired) electrons. The summed E-state index contributed by atoms with van der Waals surface area (Å²) in [5.41, 5.74) is 2.16. The quantitative estimate of drug-likeness (QED) is 0.352. The fourth-order valence-electron chi connectivity index (χ4n) is 6.38. The summed E-state index contributed by atoms with van der Waals surface area (Å²) in [5, 5.41) is 20.5. The fraction of sp³-hybridized carbons (Fsp3) is 1.00. The second-order valence-electron chi connectivity index (χ2n) is 11.0. The van der Waals surface area contributed by atoms with Gasteiger partial charge in [0.2, 0.25) is 0 Å². The first-order valence-corrected chi connectivity index (χ1v) is 13.0. The van der Waals surface area contributed by atoms with Crippen molar-refractivity contribution in [3.05, 3.63) is 0 Å². The predicted octanol–water partition coefficient (Wildman–Crippen LogP) is 1.05. The van der Waals surface area contributed by atoms with Crippen LogP contribution < -0.4 is 31.9 Å². The highest BCUT2D eigenvalue weighted by Gasteiger charge is 2.37. The van der Waals surface area contributed by atoms with Crippen LogP contribution in [0.5, 0.6) is 0 Å². The Kier molecular flexibility index (Phi) is 8.46. The average Bonchev–Trinajstić information content (AvgIpc) is 3.23. The van der Waals surface area contributed by atoms with Gasteiger partial charge in [-0.05, 0) is 133 Å². The van der Waals surface area contributed by atoms with Gasteiger partial charge in [0, 0.05) is 19.6 Å². The number of rotatable bonds is 0. The molecule has 0 aromatic heterocycles. The van der Waals surface area contributed by atoms with Crippen LogP contribution in [-0.4, -0.2) is 78.5 Å².